The lowest BCUT2D eigenvalue weighted by atomic mass is 10.3. The number of nitrogens with one attached hydrogen (secondary N) is 4. The third-order valence-electron chi connectivity index (χ3n) is 1.64. The number of amides is 1. The van der Waals surface area contributed by atoms with Crippen LogP contribution in [0.15, 0.2) is 23.7 Å². The lowest BCUT2D eigenvalue weighted by Crippen LogP contribution is -2.25. The standard InChI is InChI=1S/C10H14N4O4/c1-13-5-6(4-11)14-8(16)3-7(15)9(12)10(17)18-2/h3-5,11-13,15H,1-2H3,(H,14,16)/b6-5+,7-3+,11-4?,12-9?. The van der Waals surface area contributed by atoms with Crippen LogP contribution in [0.25, 0.3) is 0 Å². The van der Waals surface area contributed by atoms with Crippen molar-refractivity contribution in [1.82, 2.24) is 10.6 Å². The largest absolute Gasteiger partial charge is 0.505 e. The lowest BCUT2D eigenvalue weighted by molar-refractivity contribution is -0.132. The van der Waals surface area contributed by atoms with E-state index >= 15 is 0 Å². The van der Waals surface area contributed by atoms with Crippen molar-refractivity contribution in [2.75, 3.05) is 14.2 Å². The molecule has 0 spiro atoms. The summed E-state index contributed by atoms with van der Waals surface area (Å²) in [5.74, 6) is -2.67. The van der Waals surface area contributed by atoms with Gasteiger partial charge in [0.15, 0.2) is 11.5 Å². The molecular weight excluding hydrogens is 240 g/mol. The predicted molar refractivity (Wildman–Crippen MR) is 64.5 cm³/mol. The smallest absolute Gasteiger partial charge is 0.359 e. The zero-order valence-corrected chi connectivity index (χ0v) is 9.90. The molecule has 0 saturated heterocycles. The molecule has 5 N–H and O–H groups in total. The summed E-state index contributed by atoms with van der Waals surface area (Å²) in [4.78, 5) is 22.2. The second kappa shape index (κ2) is 7.60. The van der Waals surface area contributed by atoms with Crippen LogP contribution in [0.3, 0.4) is 0 Å². The van der Waals surface area contributed by atoms with Gasteiger partial charge in [-0.3, -0.25) is 10.2 Å². The number of esters is 1. The lowest BCUT2D eigenvalue weighted by Gasteiger charge is -2.03. The predicted octanol–water partition coefficient (Wildman–Crippen LogP) is -0.552. The molecule has 18 heavy (non-hydrogen) atoms. The van der Waals surface area contributed by atoms with E-state index in [0.29, 0.717) is 6.08 Å². The van der Waals surface area contributed by atoms with Crippen molar-refractivity contribution in [3.63, 3.8) is 0 Å². The van der Waals surface area contributed by atoms with Crippen molar-refractivity contribution < 1.29 is 19.4 Å². The number of aliphatic hydroxyl groups excluding tert-OH is 1. The molecule has 0 atom stereocenters. The van der Waals surface area contributed by atoms with Crippen molar-refractivity contribution >= 4 is 23.8 Å². The number of ether oxygens (including phenoxy) is 1. The fraction of sp³-hybridized carbons (Fsp3) is 0.200. The highest BCUT2D eigenvalue weighted by Gasteiger charge is 2.15. The molecule has 0 aromatic carbocycles. The topological polar surface area (TPSA) is 135 Å². The number of carbonyl (C=O) groups excluding carboxylic acids is 2. The van der Waals surface area contributed by atoms with E-state index in [-0.39, 0.29) is 5.70 Å². The first-order valence-corrected chi connectivity index (χ1v) is 4.73. The number of aliphatic hydroxyl groups is 1. The van der Waals surface area contributed by atoms with Crippen molar-refractivity contribution in [3.05, 3.63) is 23.7 Å². The zero-order chi connectivity index (χ0) is 14.1. The highest BCUT2D eigenvalue weighted by molar-refractivity contribution is 6.41. The number of hydrogen-bond acceptors (Lipinski definition) is 7. The second-order valence-electron chi connectivity index (χ2n) is 2.92. The molecule has 0 rings (SSSR count). The molecule has 0 aliphatic rings. The molecule has 0 aromatic rings. The maximum atomic E-state index is 11.3. The molecule has 0 heterocycles. The summed E-state index contributed by atoms with van der Waals surface area (Å²) in [5, 5.41) is 28.3. The van der Waals surface area contributed by atoms with Crippen molar-refractivity contribution in [2.24, 2.45) is 0 Å². The SMILES string of the molecule is CN/C=C(\C=N)NC(=O)/C=C(/O)C(=N)C(=O)OC. The molecule has 98 valence electrons. The van der Waals surface area contributed by atoms with Crippen LogP contribution in [0.5, 0.6) is 0 Å². The fourth-order valence-electron chi connectivity index (χ4n) is 0.851. The molecule has 0 saturated carbocycles. The maximum absolute atomic E-state index is 11.3. The summed E-state index contributed by atoms with van der Waals surface area (Å²) >= 11 is 0. The van der Waals surface area contributed by atoms with Crippen molar-refractivity contribution in [1.29, 1.82) is 10.8 Å². The number of rotatable bonds is 6. The quantitative estimate of drug-likeness (QED) is 0.187. The van der Waals surface area contributed by atoms with Gasteiger partial charge in [0.25, 0.3) is 5.91 Å². The minimum Gasteiger partial charge on any atom is -0.505 e. The van der Waals surface area contributed by atoms with Crippen LogP contribution in [0, 0.1) is 10.8 Å². The van der Waals surface area contributed by atoms with E-state index in [1.807, 2.05) is 0 Å². The Morgan fingerprint density at radius 1 is 1.39 bits per heavy atom. The summed E-state index contributed by atoms with van der Waals surface area (Å²) in [6, 6.07) is 0. The van der Waals surface area contributed by atoms with Gasteiger partial charge in [-0.15, -0.1) is 0 Å². The Morgan fingerprint density at radius 2 is 2.00 bits per heavy atom. The van der Waals surface area contributed by atoms with E-state index in [9.17, 15) is 14.7 Å². The summed E-state index contributed by atoms with van der Waals surface area (Å²) in [6.07, 6.45) is 2.87. The normalized spacial score (nSPS) is 11.4. The molecular formula is C10H14N4O4. The van der Waals surface area contributed by atoms with Gasteiger partial charge in [-0.1, -0.05) is 0 Å². The van der Waals surface area contributed by atoms with Gasteiger partial charge in [0.05, 0.1) is 12.8 Å². The van der Waals surface area contributed by atoms with Crippen molar-refractivity contribution in [3.8, 4) is 0 Å². The summed E-state index contributed by atoms with van der Waals surface area (Å²) in [6.45, 7) is 0. The van der Waals surface area contributed by atoms with Crippen LogP contribution in [-0.4, -0.2) is 43.1 Å². The van der Waals surface area contributed by atoms with Gasteiger partial charge >= 0.3 is 5.97 Å². The third kappa shape index (κ3) is 4.92. The van der Waals surface area contributed by atoms with Gasteiger partial charge in [0, 0.05) is 25.5 Å². The molecule has 8 nitrogen and oxygen atoms in total. The molecule has 0 fully saturated rings. The highest BCUT2D eigenvalue weighted by Crippen LogP contribution is 1.94. The molecule has 8 heteroatoms. The van der Waals surface area contributed by atoms with E-state index in [2.05, 4.69) is 15.4 Å². The number of methoxy groups -OCH3 is 1. The molecule has 0 radical (unpaired) electrons. The Kier molecular flexibility index (Phi) is 6.49. The Hall–Kier alpha value is -2.64. The van der Waals surface area contributed by atoms with Crippen LogP contribution >= 0.6 is 0 Å². The minimum absolute atomic E-state index is 0.149. The van der Waals surface area contributed by atoms with Crippen LogP contribution < -0.4 is 10.6 Å². The Labute approximate surface area is 103 Å². The highest BCUT2D eigenvalue weighted by atomic mass is 16.5. The Morgan fingerprint density at radius 3 is 2.44 bits per heavy atom. The molecule has 0 aromatic heterocycles. The van der Waals surface area contributed by atoms with Crippen LogP contribution in [0.1, 0.15) is 0 Å². The van der Waals surface area contributed by atoms with Gasteiger partial charge in [-0.2, -0.15) is 0 Å². The van der Waals surface area contributed by atoms with Gasteiger partial charge in [0.2, 0.25) is 0 Å². The Balaban J connectivity index is 4.73. The maximum Gasteiger partial charge on any atom is 0.359 e. The van der Waals surface area contributed by atoms with Crippen LogP contribution in [-0.2, 0) is 14.3 Å². The van der Waals surface area contributed by atoms with E-state index in [1.54, 1.807) is 7.05 Å². The zero-order valence-electron chi connectivity index (χ0n) is 9.90. The third-order valence-corrected chi connectivity index (χ3v) is 1.64. The first-order chi connectivity index (χ1) is 8.46. The van der Waals surface area contributed by atoms with Crippen LogP contribution in [0.2, 0.25) is 0 Å². The van der Waals surface area contributed by atoms with Gasteiger partial charge in [0.1, 0.15) is 0 Å². The van der Waals surface area contributed by atoms with E-state index in [1.165, 1.54) is 6.20 Å². The minimum atomic E-state index is -1.06. The number of allylic oxidation sites excluding steroid dienone is 1. The average Bonchev–Trinajstić information content (AvgIpc) is 2.35. The van der Waals surface area contributed by atoms with Gasteiger partial charge < -0.3 is 25.9 Å². The second-order valence-corrected chi connectivity index (χ2v) is 2.92. The molecule has 0 aliphatic carbocycles. The summed E-state index contributed by atoms with van der Waals surface area (Å²) in [7, 11) is 2.63. The monoisotopic (exact) mass is 254 g/mol. The van der Waals surface area contributed by atoms with Crippen molar-refractivity contribution in [2.45, 2.75) is 0 Å². The van der Waals surface area contributed by atoms with Gasteiger partial charge in [-0.25, -0.2) is 4.79 Å². The molecule has 0 aliphatic heterocycles. The van der Waals surface area contributed by atoms with E-state index in [4.69, 9.17) is 10.8 Å². The Bertz CT molecular complexity index is 426. The first kappa shape index (κ1) is 15.4. The molecule has 0 bridgehead atoms. The van der Waals surface area contributed by atoms with E-state index in [0.717, 1.165) is 13.3 Å². The number of carbonyl (C=O) groups is 2. The number of hydrogen-bond donors (Lipinski definition) is 5. The summed E-state index contributed by atoms with van der Waals surface area (Å²) < 4.78 is 4.20. The summed E-state index contributed by atoms with van der Waals surface area (Å²) in [5.41, 5.74) is -0.683. The van der Waals surface area contributed by atoms with Crippen LogP contribution in [0.4, 0.5) is 0 Å². The van der Waals surface area contributed by atoms with E-state index < -0.39 is 23.3 Å². The first-order valence-electron chi connectivity index (χ1n) is 4.73. The molecule has 0 unspecified atom stereocenters. The average molecular weight is 254 g/mol. The fourth-order valence-corrected chi connectivity index (χ4v) is 0.851. The van der Waals surface area contributed by atoms with Gasteiger partial charge in [-0.05, 0) is 0 Å². The molecule has 1 amide bonds.